The summed E-state index contributed by atoms with van der Waals surface area (Å²) in [5.41, 5.74) is 3.73. The van der Waals surface area contributed by atoms with Gasteiger partial charge in [-0.05, 0) is 53.7 Å². The summed E-state index contributed by atoms with van der Waals surface area (Å²) in [7, 11) is 0. The van der Waals surface area contributed by atoms with E-state index in [0.717, 1.165) is 21.8 Å². The summed E-state index contributed by atoms with van der Waals surface area (Å²) < 4.78 is 30.9. The first kappa shape index (κ1) is 20.9. The van der Waals surface area contributed by atoms with Crippen LogP contribution >= 0.6 is 11.8 Å². The number of rotatable bonds is 8. The Morgan fingerprint density at radius 2 is 1.71 bits per heavy atom. The van der Waals surface area contributed by atoms with E-state index in [2.05, 4.69) is 31.7 Å². The molecule has 1 heterocycles. The van der Waals surface area contributed by atoms with E-state index in [1.807, 2.05) is 42.5 Å². The van der Waals surface area contributed by atoms with E-state index < -0.39 is 6.61 Å². The van der Waals surface area contributed by atoms with Crippen LogP contribution in [0.15, 0.2) is 84.0 Å². The molecule has 3 aromatic carbocycles. The lowest BCUT2D eigenvalue weighted by Crippen LogP contribution is -2.35. The predicted octanol–water partition coefficient (Wildman–Crippen LogP) is 4.84. The third-order valence-corrected chi connectivity index (χ3v) is 5.57. The highest BCUT2D eigenvalue weighted by molar-refractivity contribution is 7.99. The van der Waals surface area contributed by atoms with Crippen molar-refractivity contribution in [3.63, 3.8) is 0 Å². The molecule has 1 amide bonds. The molecule has 1 aromatic heterocycles. The zero-order valence-electron chi connectivity index (χ0n) is 16.4. The van der Waals surface area contributed by atoms with Crippen LogP contribution in [-0.4, -0.2) is 23.3 Å². The van der Waals surface area contributed by atoms with E-state index in [9.17, 15) is 13.6 Å². The highest BCUT2D eigenvalue weighted by atomic mass is 32.2. The molecule has 0 saturated carbocycles. The molecule has 31 heavy (non-hydrogen) atoms. The average Bonchev–Trinajstić information content (AvgIpc) is 3.11. The molecule has 0 aliphatic heterocycles. The number of para-hydroxylation sites is 2. The molecule has 8 heteroatoms. The van der Waals surface area contributed by atoms with Crippen molar-refractivity contribution in [2.75, 3.05) is 11.1 Å². The van der Waals surface area contributed by atoms with Crippen molar-refractivity contribution in [1.29, 1.82) is 0 Å². The number of aromatic amines is 1. The van der Waals surface area contributed by atoms with Crippen LogP contribution in [0.3, 0.4) is 0 Å². The number of nitrogens with zero attached hydrogens (tertiary/aromatic N) is 1. The minimum Gasteiger partial charge on any atom is -0.435 e. The molecule has 0 fully saturated rings. The Hall–Kier alpha value is -3.39. The first-order valence-electron chi connectivity index (χ1n) is 9.60. The van der Waals surface area contributed by atoms with Crippen molar-refractivity contribution in [2.45, 2.75) is 18.3 Å². The molecule has 4 aromatic rings. The second-order valence-electron chi connectivity index (χ2n) is 6.76. The number of amides is 1. The number of carbonyl (C=O) groups is 1. The summed E-state index contributed by atoms with van der Waals surface area (Å²) in [5, 5.41) is 3.65. The average molecular weight is 440 g/mol. The van der Waals surface area contributed by atoms with E-state index in [1.165, 1.54) is 36.0 Å². The van der Waals surface area contributed by atoms with Crippen LogP contribution in [0.4, 0.5) is 14.5 Å². The van der Waals surface area contributed by atoms with Gasteiger partial charge in [0.05, 0.1) is 5.75 Å². The Morgan fingerprint density at radius 3 is 2.45 bits per heavy atom. The number of imidazole rings is 1. The summed E-state index contributed by atoms with van der Waals surface area (Å²) in [6.07, 6.45) is 0. The Labute approximate surface area is 182 Å². The van der Waals surface area contributed by atoms with E-state index in [0.29, 0.717) is 12.2 Å². The minimum absolute atomic E-state index is 0.0439. The Balaban J connectivity index is 1.44. The van der Waals surface area contributed by atoms with Crippen LogP contribution in [0.5, 0.6) is 5.75 Å². The predicted molar refractivity (Wildman–Crippen MR) is 116 cm³/mol. The van der Waals surface area contributed by atoms with Crippen molar-refractivity contribution < 1.29 is 22.9 Å². The summed E-state index contributed by atoms with van der Waals surface area (Å²) >= 11 is 1.40. The molecule has 4 rings (SSSR count). The third-order valence-electron chi connectivity index (χ3n) is 4.57. The molecule has 0 atom stereocenters. The molecule has 158 valence electrons. The lowest BCUT2D eigenvalue weighted by atomic mass is 10.2. The van der Waals surface area contributed by atoms with Crippen LogP contribution in [0, 0.1) is 0 Å². The van der Waals surface area contributed by atoms with Gasteiger partial charge >= 0.3 is 11.8 Å². The van der Waals surface area contributed by atoms with Gasteiger partial charge in [-0.25, -0.2) is 9.55 Å². The number of thioether (sulfide) groups is 1. The fourth-order valence-electron chi connectivity index (χ4n) is 3.19. The molecular weight excluding hydrogens is 420 g/mol. The van der Waals surface area contributed by atoms with Gasteiger partial charge in [0.25, 0.3) is 0 Å². The van der Waals surface area contributed by atoms with Crippen molar-refractivity contribution >= 4 is 34.4 Å². The largest absolute Gasteiger partial charge is 0.435 e. The summed E-state index contributed by atoms with van der Waals surface area (Å²) in [6.45, 7) is -2.20. The van der Waals surface area contributed by atoms with E-state index in [1.54, 1.807) is 0 Å². The van der Waals surface area contributed by atoms with E-state index >= 15 is 0 Å². The molecule has 0 radical (unpaired) electrons. The smallest absolute Gasteiger partial charge is 0.387 e. The normalized spacial score (nSPS) is 11.1. The van der Waals surface area contributed by atoms with Crippen LogP contribution in [0.2, 0.25) is 0 Å². The van der Waals surface area contributed by atoms with Crippen LogP contribution in [-0.2, 0) is 11.3 Å². The molecule has 0 spiro atoms. The summed E-state index contributed by atoms with van der Waals surface area (Å²) in [6, 6.07) is 24.0. The van der Waals surface area contributed by atoms with Crippen LogP contribution < -0.4 is 14.6 Å². The van der Waals surface area contributed by atoms with Crippen LogP contribution in [0.25, 0.3) is 11.0 Å². The van der Waals surface area contributed by atoms with Crippen molar-refractivity contribution in [1.82, 2.24) is 4.98 Å². The van der Waals surface area contributed by atoms with Gasteiger partial charge in [0.1, 0.15) is 12.3 Å². The lowest BCUT2D eigenvalue weighted by molar-refractivity contribution is -0.700. The van der Waals surface area contributed by atoms with Gasteiger partial charge in [0, 0.05) is 5.69 Å². The highest BCUT2D eigenvalue weighted by Crippen LogP contribution is 2.21. The molecule has 2 N–H and O–H groups in total. The first-order chi connectivity index (χ1) is 15.1. The molecular formula is C23H20F2N3O2S+. The molecule has 5 nitrogen and oxygen atoms in total. The van der Waals surface area contributed by atoms with Gasteiger partial charge in [0.15, 0.2) is 11.0 Å². The molecule has 0 saturated heterocycles. The van der Waals surface area contributed by atoms with Crippen molar-refractivity contribution in [3.8, 4) is 5.75 Å². The second kappa shape index (κ2) is 9.61. The maximum atomic E-state index is 12.4. The number of hydrogen-bond donors (Lipinski definition) is 2. The number of alkyl halides is 2. The van der Waals surface area contributed by atoms with E-state index in [4.69, 9.17) is 0 Å². The third kappa shape index (κ3) is 5.40. The number of aromatic nitrogens is 2. The standard InChI is InChI=1S/C23H19F2N3O2S/c24-22(25)30-18-12-10-17(11-13-18)26-21(29)15-31-23-27-19-8-4-5-9-20(19)28(23)14-16-6-2-1-3-7-16/h1-13,22H,14-15H2,(H,26,29)/p+1. The number of nitrogens with one attached hydrogen (secondary N) is 2. The van der Waals surface area contributed by atoms with Gasteiger partial charge in [-0.1, -0.05) is 42.5 Å². The zero-order valence-corrected chi connectivity index (χ0v) is 17.2. The quantitative estimate of drug-likeness (QED) is 0.305. The van der Waals surface area contributed by atoms with Crippen molar-refractivity contribution in [3.05, 3.63) is 84.4 Å². The van der Waals surface area contributed by atoms with Gasteiger partial charge in [-0.15, -0.1) is 0 Å². The number of ether oxygens (including phenoxy) is 1. The number of fused-ring (bicyclic) bond motifs is 1. The summed E-state index contributed by atoms with van der Waals surface area (Å²) in [5.74, 6) is 0.0384. The summed E-state index contributed by atoms with van der Waals surface area (Å²) in [4.78, 5) is 15.8. The molecule has 0 aliphatic rings. The fraction of sp³-hybridized carbons (Fsp3) is 0.130. The SMILES string of the molecule is O=C(CSc1[nH]c2ccccc2[n+]1Cc1ccccc1)Nc1ccc(OC(F)F)cc1. The van der Waals surface area contributed by atoms with Gasteiger partial charge in [-0.2, -0.15) is 8.78 Å². The number of anilines is 1. The number of H-pyrrole nitrogens is 1. The van der Waals surface area contributed by atoms with Gasteiger partial charge in [0.2, 0.25) is 5.91 Å². The number of hydrogen-bond acceptors (Lipinski definition) is 3. The fourth-order valence-corrected chi connectivity index (χ4v) is 4.04. The number of benzene rings is 3. The Bertz CT molecular complexity index is 1160. The molecule has 0 bridgehead atoms. The zero-order chi connectivity index (χ0) is 21.6. The topological polar surface area (TPSA) is 58.0 Å². The van der Waals surface area contributed by atoms with Gasteiger partial charge in [-0.3, -0.25) is 4.79 Å². The number of carbonyl (C=O) groups excluding carboxylic acids is 1. The maximum absolute atomic E-state index is 12.4. The lowest BCUT2D eigenvalue weighted by Gasteiger charge is -2.07. The Kier molecular flexibility index (Phi) is 6.47. The second-order valence-corrected chi connectivity index (χ2v) is 7.72. The molecule has 0 aliphatic carbocycles. The Morgan fingerprint density at radius 1 is 1.00 bits per heavy atom. The monoisotopic (exact) mass is 440 g/mol. The van der Waals surface area contributed by atoms with Crippen LogP contribution in [0.1, 0.15) is 5.56 Å². The minimum atomic E-state index is -2.88. The molecule has 0 unspecified atom stereocenters. The first-order valence-corrected chi connectivity index (χ1v) is 10.6. The van der Waals surface area contributed by atoms with Gasteiger partial charge < -0.3 is 10.1 Å². The van der Waals surface area contributed by atoms with Crippen molar-refractivity contribution in [2.24, 2.45) is 0 Å². The highest BCUT2D eigenvalue weighted by Gasteiger charge is 2.20. The van der Waals surface area contributed by atoms with E-state index in [-0.39, 0.29) is 17.4 Å². The number of halogens is 2. The maximum Gasteiger partial charge on any atom is 0.387 e.